The summed E-state index contributed by atoms with van der Waals surface area (Å²) in [6.07, 6.45) is 5.20. The number of hydrogen-bond donors (Lipinski definition) is 0. The van der Waals surface area contributed by atoms with E-state index in [1.807, 2.05) is 29.8 Å². The van der Waals surface area contributed by atoms with Gasteiger partial charge in [-0.05, 0) is 43.7 Å². The Hall–Kier alpha value is -1.23. The van der Waals surface area contributed by atoms with Crippen LogP contribution in [0.3, 0.4) is 0 Å². The Morgan fingerprint density at radius 3 is 2.73 bits per heavy atom. The van der Waals surface area contributed by atoms with Crippen molar-refractivity contribution in [3.05, 3.63) is 52.0 Å². The Labute approximate surface area is 136 Å². The molecular formula is C18H23N3S. The molecule has 1 spiro atoms. The Bertz CT molecular complexity index is 631. The van der Waals surface area contributed by atoms with Crippen LogP contribution in [0.5, 0.6) is 0 Å². The molecule has 2 saturated heterocycles. The zero-order valence-electron chi connectivity index (χ0n) is 13.2. The Balaban J connectivity index is 1.29. The fourth-order valence-corrected chi connectivity index (χ4v) is 4.91. The number of thiophene rings is 1. The summed E-state index contributed by atoms with van der Waals surface area (Å²) in [5.74, 6) is 0. The summed E-state index contributed by atoms with van der Waals surface area (Å²) in [5, 5.41) is 0. The van der Waals surface area contributed by atoms with Gasteiger partial charge < -0.3 is 0 Å². The molecule has 0 atom stereocenters. The van der Waals surface area contributed by atoms with Gasteiger partial charge in [0.2, 0.25) is 0 Å². The molecule has 2 fully saturated rings. The monoisotopic (exact) mass is 313 g/mol. The second-order valence-electron chi connectivity index (χ2n) is 6.98. The van der Waals surface area contributed by atoms with Crippen LogP contribution < -0.4 is 0 Å². The minimum absolute atomic E-state index is 0.564. The highest BCUT2D eigenvalue weighted by Gasteiger charge is 2.47. The molecular weight excluding hydrogens is 290 g/mol. The average molecular weight is 313 g/mol. The van der Waals surface area contributed by atoms with Crippen LogP contribution in [0.15, 0.2) is 36.7 Å². The number of pyridine rings is 1. The van der Waals surface area contributed by atoms with Gasteiger partial charge >= 0.3 is 0 Å². The third-order valence-corrected chi connectivity index (χ3v) is 5.93. The Kier molecular flexibility index (Phi) is 3.76. The molecule has 2 aromatic rings. The van der Waals surface area contributed by atoms with E-state index in [0.717, 1.165) is 13.1 Å². The molecule has 22 heavy (non-hydrogen) atoms. The van der Waals surface area contributed by atoms with E-state index in [9.17, 15) is 0 Å². The van der Waals surface area contributed by atoms with Gasteiger partial charge in [-0.3, -0.25) is 14.8 Å². The van der Waals surface area contributed by atoms with E-state index < -0.39 is 0 Å². The maximum Gasteiger partial charge on any atom is 0.0328 e. The smallest absolute Gasteiger partial charge is 0.0328 e. The molecule has 0 bridgehead atoms. The first-order chi connectivity index (χ1) is 10.7. The Morgan fingerprint density at radius 2 is 2.00 bits per heavy atom. The molecule has 116 valence electrons. The van der Waals surface area contributed by atoms with Crippen LogP contribution in [-0.4, -0.2) is 41.0 Å². The molecule has 4 heteroatoms. The van der Waals surface area contributed by atoms with Gasteiger partial charge in [-0.2, -0.15) is 0 Å². The average Bonchev–Trinajstić information content (AvgIpc) is 3.07. The first kappa shape index (κ1) is 14.4. The molecule has 4 heterocycles. The molecule has 0 aliphatic carbocycles. The lowest BCUT2D eigenvalue weighted by molar-refractivity contribution is 0.00232. The van der Waals surface area contributed by atoms with Gasteiger partial charge in [0.1, 0.15) is 0 Å². The van der Waals surface area contributed by atoms with Crippen molar-refractivity contribution in [1.29, 1.82) is 0 Å². The molecule has 0 saturated carbocycles. The van der Waals surface area contributed by atoms with Crippen LogP contribution in [0.2, 0.25) is 0 Å². The number of rotatable bonds is 4. The van der Waals surface area contributed by atoms with Gasteiger partial charge in [0.25, 0.3) is 0 Å². The van der Waals surface area contributed by atoms with E-state index in [1.165, 1.54) is 47.9 Å². The van der Waals surface area contributed by atoms with Crippen LogP contribution in [0, 0.1) is 12.3 Å². The first-order valence-corrected chi connectivity index (χ1v) is 8.91. The molecule has 0 N–H and O–H groups in total. The van der Waals surface area contributed by atoms with Crippen LogP contribution in [0.1, 0.15) is 21.7 Å². The molecule has 2 aromatic heterocycles. The quantitative estimate of drug-likeness (QED) is 0.864. The first-order valence-electron chi connectivity index (χ1n) is 8.10. The lowest BCUT2D eigenvalue weighted by atomic mass is 9.79. The van der Waals surface area contributed by atoms with Crippen LogP contribution in [0.4, 0.5) is 0 Å². The van der Waals surface area contributed by atoms with Crippen molar-refractivity contribution >= 4 is 11.3 Å². The Morgan fingerprint density at radius 1 is 1.14 bits per heavy atom. The molecule has 4 rings (SSSR count). The number of aryl methyl sites for hydroxylation is 1. The van der Waals surface area contributed by atoms with Gasteiger partial charge in [0.15, 0.2) is 0 Å². The van der Waals surface area contributed by atoms with E-state index >= 15 is 0 Å². The maximum atomic E-state index is 4.22. The van der Waals surface area contributed by atoms with Crippen LogP contribution in [-0.2, 0) is 13.1 Å². The molecule has 3 nitrogen and oxygen atoms in total. The number of aromatic nitrogens is 1. The van der Waals surface area contributed by atoms with Gasteiger partial charge in [0.05, 0.1) is 0 Å². The predicted octanol–water partition coefficient (Wildman–Crippen LogP) is 3.16. The number of nitrogens with zero attached hydrogens (tertiary/aromatic N) is 3. The van der Waals surface area contributed by atoms with Gasteiger partial charge in [-0.25, -0.2) is 0 Å². The van der Waals surface area contributed by atoms with Crippen molar-refractivity contribution in [2.75, 3.05) is 26.2 Å². The van der Waals surface area contributed by atoms with Gasteiger partial charge in [-0.1, -0.05) is 6.07 Å². The van der Waals surface area contributed by atoms with E-state index in [2.05, 4.69) is 39.9 Å². The van der Waals surface area contributed by atoms with Crippen molar-refractivity contribution in [2.24, 2.45) is 5.41 Å². The summed E-state index contributed by atoms with van der Waals surface area (Å²) in [6.45, 7) is 9.42. The van der Waals surface area contributed by atoms with E-state index in [4.69, 9.17) is 0 Å². The molecule has 2 aliphatic heterocycles. The van der Waals surface area contributed by atoms with Crippen LogP contribution in [0.25, 0.3) is 0 Å². The molecule has 2 aliphatic rings. The predicted molar refractivity (Wildman–Crippen MR) is 90.9 cm³/mol. The maximum absolute atomic E-state index is 4.22. The van der Waals surface area contributed by atoms with Crippen LogP contribution >= 0.6 is 11.3 Å². The minimum Gasteiger partial charge on any atom is -0.298 e. The largest absolute Gasteiger partial charge is 0.298 e. The fraction of sp³-hybridized carbons (Fsp3) is 0.500. The molecule has 0 unspecified atom stereocenters. The van der Waals surface area contributed by atoms with E-state index in [0.29, 0.717) is 5.41 Å². The summed E-state index contributed by atoms with van der Waals surface area (Å²) in [6, 6.07) is 8.74. The fourth-order valence-electron chi connectivity index (χ4n) is 3.98. The van der Waals surface area contributed by atoms with Gasteiger partial charge in [-0.15, -0.1) is 11.3 Å². The van der Waals surface area contributed by atoms with Crippen molar-refractivity contribution < 1.29 is 0 Å². The number of hydrogen-bond acceptors (Lipinski definition) is 4. The van der Waals surface area contributed by atoms with E-state index in [-0.39, 0.29) is 0 Å². The third-order valence-electron chi connectivity index (χ3n) is 4.94. The lowest BCUT2D eigenvalue weighted by Crippen LogP contribution is -2.56. The zero-order chi connectivity index (χ0) is 15.0. The summed E-state index contributed by atoms with van der Waals surface area (Å²) < 4.78 is 0. The summed E-state index contributed by atoms with van der Waals surface area (Å²) in [5.41, 5.74) is 1.90. The topological polar surface area (TPSA) is 19.4 Å². The van der Waals surface area contributed by atoms with Gasteiger partial charge in [0, 0.05) is 60.3 Å². The second-order valence-corrected chi connectivity index (χ2v) is 8.35. The lowest BCUT2D eigenvalue weighted by Gasteiger charge is -2.48. The highest BCUT2D eigenvalue weighted by Crippen LogP contribution is 2.40. The highest BCUT2D eigenvalue weighted by atomic mass is 32.1. The summed E-state index contributed by atoms with van der Waals surface area (Å²) in [7, 11) is 0. The normalized spacial score (nSPS) is 21.3. The zero-order valence-corrected chi connectivity index (χ0v) is 14.0. The van der Waals surface area contributed by atoms with Crippen molar-refractivity contribution in [1.82, 2.24) is 14.8 Å². The molecule has 0 aromatic carbocycles. The summed E-state index contributed by atoms with van der Waals surface area (Å²) in [4.78, 5) is 12.4. The van der Waals surface area contributed by atoms with Crippen molar-refractivity contribution in [3.63, 3.8) is 0 Å². The minimum atomic E-state index is 0.564. The van der Waals surface area contributed by atoms with Crippen molar-refractivity contribution in [2.45, 2.75) is 26.4 Å². The number of likely N-dealkylation sites (tertiary alicyclic amines) is 2. The highest BCUT2D eigenvalue weighted by molar-refractivity contribution is 7.11. The van der Waals surface area contributed by atoms with Crippen molar-refractivity contribution in [3.8, 4) is 0 Å². The standard InChI is InChI=1S/C18H23N3S/c1-15-4-5-17(22-15)11-21-13-18(14-21)6-8-20(12-18)10-16-3-2-7-19-9-16/h2-5,7,9H,6,8,10-14H2,1H3. The van der Waals surface area contributed by atoms with E-state index in [1.54, 1.807) is 0 Å². The SMILES string of the molecule is Cc1ccc(CN2CC3(CCN(Cc4cccnc4)C3)C2)s1. The third kappa shape index (κ3) is 2.96. The summed E-state index contributed by atoms with van der Waals surface area (Å²) >= 11 is 1.94. The molecule has 0 amide bonds. The molecule has 0 radical (unpaired) electrons. The second kappa shape index (κ2) is 5.76.